The predicted molar refractivity (Wildman–Crippen MR) is 120 cm³/mol. The maximum atomic E-state index is 13.5. The lowest BCUT2D eigenvalue weighted by molar-refractivity contribution is -0.129. The van der Waals surface area contributed by atoms with Crippen molar-refractivity contribution in [3.05, 3.63) is 59.2 Å². The van der Waals surface area contributed by atoms with Crippen molar-refractivity contribution in [3.63, 3.8) is 0 Å². The molecule has 0 saturated heterocycles. The molecule has 0 bridgehead atoms. The second-order valence-corrected chi connectivity index (χ2v) is 8.66. The fraction of sp³-hybridized carbons (Fsp3) is 0.400. The fourth-order valence-corrected chi connectivity index (χ4v) is 4.65. The molecule has 2 aliphatic rings. The second-order valence-electron chi connectivity index (χ2n) is 8.66. The predicted octanol–water partition coefficient (Wildman–Crippen LogP) is 4.18. The van der Waals surface area contributed by atoms with E-state index in [0.717, 1.165) is 29.8 Å². The first-order chi connectivity index (χ1) is 14.9. The molecule has 2 aromatic carbocycles. The van der Waals surface area contributed by atoms with Crippen molar-refractivity contribution >= 4 is 29.0 Å². The summed E-state index contributed by atoms with van der Waals surface area (Å²) in [6, 6.07) is 11.6. The van der Waals surface area contributed by atoms with Gasteiger partial charge in [-0.25, -0.2) is 0 Å². The summed E-state index contributed by atoms with van der Waals surface area (Å²) in [6.45, 7) is 3.55. The van der Waals surface area contributed by atoms with E-state index in [1.165, 1.54) is 12.8 Å². The van der Waals surface area contributed by atoms with Crippen molar-refractivity contribution in [3.8, 4) is 0 Å². The van der Waals surface area contributed by atoms with Crippen LogP contribution in [0.2, 0.25) is 0 Å². The molecule has 3 N–H and O–H groups in total. The van der Waals surface area contributed by atoms with Crippen molar-refractivity contribution in [2.75, 3.05) is 5.32 Å². The van der Waals surface area contributed by atoms with Crippen molar-refractivity contribution in [2.24, 2.45) is 5.92 Å². The number of ketones is 1. The van der Waals surface area contributed by atoms with Crippen LogP contribution < -0.4 is 16.0 Å². The molecule has 1 aliphatic carbocycles. The van der Waals surface area contributed by atoms with Crippen LogP contribution in [0.1, 0.15) is 66.6 Å². The Morgan fingerprint density at radius 1 is 1.06 bits per heavy atom. The molecule has 4 rings (SSSR count). The Kier molecular flexibility index (Phi) is 6.07. The molecule has 6 nitrogen and oxygen atoms in total. The van der Waals surface area contributed by atoms with Gasteiger partial charge in [0.2, 0.25) is 11.8 Å². The van der Waals surface area contributed by atoms with Crippen LogP contribution in [-0.4, -0.2) is 23.6 Å². The zero-order valence-electron chi connectivity index (χ0n) is 18.0. The maximum Gasteiger partial charge on any atom is 0.243 e. The molecule has 1 saturated carbocycles. The Morgan fingerprint density at radius 3 is 2.55 bits per heavy atom. The molecule has 1 aliphatic heterocycles. The lowest BCUT2D eigenvalue weighted by Gasteiger charge is -2.22. The van der Waals surface area contributed by atoms with Gasteiger partial charge in [0.25, 0.3) is 0 Å². The highest BCUT2D eigenvalue weighted by Gasteiger charge is 2.33. The number of fused-ring (bicyclic) bond motifs is 2. The Balaban J connectivity index is 1.53. The summed E-state index contributed by atoms with van der Waals surface area (Å²) < 4.78 is 0. The summed E-state index contributed by atoms with van der Waals surface area (Å²) in [5, 5.41) is 9.03. The van der Waals surface area contributed by atoms with Gasteiger partial charge >= 0.3 is 0 Å². The Labute approximate surface area is 182 Å². The normalized spacial score (nSPS) is 18.9. The zero-order chi connectivity index (χ0) is 22.0. The van der Waals surface area contributed by atoms with Gasteiger partial charge in [0.15, 0.2) is 5.78 Å². The Bertz CT molecular complexity index is 1010. The summed E-state index contributed by atoms with van der Waals surface area (Å²) in [5.74, 6) is -0.227. The minimum atomic E-state index is -0.826. The first-order valence-corrected chi connectivity index (χ1v) is 11.0. The number of benzene rings is 2. The van der Waals surface area contributed by atoms with Gasteiger partial charge in [0.1, 0.15) is 12.1 Å². The topological polar surface area (TPSA) is 87.3 Å². The van der Waals surface area contributed by atoms with Crippen LogP contribution in [0, 0.1) is 12.8 Å². The van der Waals surface area contributed by atoms with E-state index in [-0.39, 0.29) is 17.6 Å². The Morgan fingerprint density at radius 2 is 1.77 bits per heavy atom. The number of rotatable bonds is 5. The molecule has 162 valence electrons. The number of carbonyl (C=O) groups is 3. The highest BCUT2D eigenvalue weighted by molar-refractivity contribution is 6.10. The molecule has 0 aromatic heterocycles. The van der Waals surface area contributed by atoms with Gasteiger partial charge in [-0.1, -0.05) is 43.2 Å². The van der Waals surface area contributed by atoms with Crippen molar-refractivity contribution in [1.82, 2.24) is 10.6 Å². The number of carbonyl (C=O) groups excluding carboxylic acids is 3. The highest BCUT2D eigenvalue weighted by atomic mass is 16.2. The number of hydrogen-bond acceptors (Lipinski definition) is 4. The molecule has 1 unspecified atom stereocenters. The summed E-state index contributed by atoms with van der Waals surface area (Å²) in [7, 11) is 0. The smallest absolute Gasteiger partial charge is 0.243 e. The van der Waals surface area contributed by atoms with Gasteiger partial charge in [0, 0.05) is 28.9 Å². The lowest BCUT2D eigenvalue weighted by Crippen LogP contribution is -2.47. The van der Waals surface area contributed by atoms with E-state index in [0.29, 0.717) is 23.5 Å². The van der Waals surface area contributed by atoms with Crippen LogP contribution in [0.3, 0.4) is 0 Å². The number of Topliss-reactive ketones (excluding diaryl/α,β-unsaturated/α-hetero) is 1. The van der Waals surface area contributed by atoms with Crippen molar-refractivity contribution < 1.29 is 14.4 Å². The lowest BCUT2D eigenvalue weighted by atomic mass is 9.94. The summed E-state index contributed by atoms with van der Waals surface area (Å²) in [5.41, 5.74) is 3.64. The van der Waals surface area contributed by atoms with E-state index in [1.54, 1.807) is 6.92 Å². The van der Waals surface area contributed by atoms with Crippen LogP contribution in [0.5, 0.6) is 0 Å². The summed E-state index contributed by atoms with van der Waals surface area (Å²) in [6.07, 6.45) is 4.96. The first kappa shape index (κ1) is 21.1. The Hall–Kier alpha value is -3.15. The first-order valence-electron chi connectivity index (χ1n) is 11.0. The number of hydrogen-bond donors (Lipinski definition) is 3. The van der Waals surface area contributed by atoms with Crippen LogP contribution in [-0.2, 0) is 9.59 Å². The highest BCUT2D eigenvalue weighted by Crippen LogP contribution is 2.36. The van der Waals surface area contributed by atoms with Crippen molar-refractivity contribution in [2.45, 2.75) is 58.0 Å². The molecule has 1 fully saturated rings. The number of amides is 2. The third-order valence-corrected chi connectivity index (χ3v) is 6.33. The monoisotopic (exact) mass is 419 g/mol. The van der Waals surface area contributed by atoms with E-state index < -0.39 is 12.1 Å². The third-order valence-electron chi connectivity index (χ3n) is 6.33. The van der Waals surface area contributed by atoms with Gasteiger partial charge in [0.05, 0.1) is 0 Å². The van der Waals surface area contributed by atoms with Crippen molar-refractivity contribution in [1.29, 1.82) is 0 Å². The van der Waals surface area contributed by atoms with Gasteiger partial charge in [-0.2, -0.15) is 0 Å². The summed E-state index contributed by atoms with van der Waals surface area (Å²) in [4.78, 5) is 38.8. The SMILES string of the molecule is Cc1cccc2c1C(=O)C(NC(=O)[C@H](C)NC(=O)CC1CCCC1)c1ccccc1N2. The summed E-state index contributed by atoms with van der Waals surface area (Å²) >= 11 is 0. The molecule has 0 spiro atoms. The molecule has 2 amide bonds. The molecular formula is C25H29N3O3. The fourth-order valence-electron chi connectivity index (χ4n) is 4.65. The molecule has 1 heterocycles. The molecule has 31 heavy (non-hydrogen) atoms. The minimum Gasteiger partial charge on any atom is -0.355 e. The van der Waals surface area contributed by atoms with E-state index in [4.69, 9.17) is 0 Å². The molecule has 6 heteroatoms. The van der Waals surface area contributed by atoms with Gasteiger partial charge in [-0.3, -0.25) is 14.4 Å². The number of nitrogens with one attached hydrogen (secondary N) is 3. The van der Waals surface area contributed by atoms with Crippen LogP contribution in [0.25, 0.3) is 0 Å². The standard InChI is InChI=1S/C25H29N3O3/c1-15-8-7-13-20-22(15)24(30)23(18-11-5-6-12-19(18)27-20)28-25(31)16(2)26-21(29)14-17-9-3-4-10-17/h5-8,11-13,16-17,23,27H,3-4,9-10,14H2,1-2H3,(H,26,29)(H,28,31)/t16-,23?/m0/s1. The number of para-hydroxylation sites is 1. The zero-order valence-corrected chi connectivity index (χ0v) is 18.0. The number of anilines is 2. The van der Waals surface area contributed by atoms with Gasteiger partial charge < -0.3 is 16.0 Å². The third kappa shape index (κ3) is 4.48. The molecule has 2 aromatic rings. The average molecular weight is 420 g/mol. The van der Waals surface area contributed by atoms with Crippen LogP contribution in [0.15, 0.2) is 42.5 Å². The van der Waals surface area contributed by atoms with Gasteiger partial charge in [-0.15, -0.1) is 0 Å². The number of aryl methyl sites for hydroxylation is 1. The van der Waals surface area contributed by atoms with E-state index >= 15 is 0 Å². The average Bonchev–Trinajstić information content (AvgIpc) is 3.21. The van der Waals surface area contributed by atoms with E-state index in [2.05, 4.69) is 16.0 Å². The second kappa shape index (κ2) is 8.92. The van der Waals surface area contributed by atoms with Crippen LogP contribution in [0.4, 0.5) is 11.4 Å². The maximum absolute atomic E-state index is 13.5. The van der Waals surface area contributed by atoms with E-state index in [9.17, 15) is 14.4 Å². The minimum absolute atomic E-state index is 0.106. The quantitative estimate of drug-likeness (QED) is 0.679. The molecular weight excluding hydrogens is 390 g/mol. The van der Waals surface area contributed by atoms with Gasteiger partial charge in [-0.05, 0) is 50.3 Å². The van der Waals surface area contributed by atoms with Crippen LogP contribution >= 0.6 is 0 Å². The molecule has 2 atom stereocenters. The largest absolute Gasteiger partial charge is 0.355 e. The van der Waals surface area contributed by atoms with E-state index in [1.807, 2.05) is 49.4 Å². The molecule has 0 radical (unpaired) electrons.